The first-order valence-corrected chi connectivity index (χ1v) is 14.5. The summed E-state index contributed by atoms with van der Waals surface area (Å²) in [6.45, 7) is 11.7. The average molecular weight is 556 g/mol. The van der Waals surface area contributed by atoms with Crippen LogP contribution in [0.15, 0.2) is 30.3 Å². The molecule has 0 radical (unpaired) electrons. The largest absolute Gasteiger partial charge is 0.474 e. The highest BCUT2D eigenvalue weighted by molar-refractivity contribution is 5.97. The summed E-state index contributed by atoms with van der Waals surface area (Å²) < 4.78 is 25.1. The van der Waals surface area contributed by atoms with E-state index >= 15 is 0 Å². The molecule has 3 aliphatic heterocycles. The Morgan fingerprint density at radius 2 is 1.98 bits per heavy atom. The maximum atomic E-state index is 14.0. The Morgan fingerprint density at radius 3 is 2.73 bits per heavy atom. The van der Waals surface area contributed by atoms with E-state index in [4.69, 9.17) is 9.47 Å². The van der Waals surface area contributed by atoms with E-state index in [-0.39, 0.29) is 30.4 Å². The second kappa shape index (κ2) is 12.9. The van der Waals surface area contributed by atoms with Crippen LogP contribution in [0.2, 0.25) is 0 Å². The summed E-state index contributed by atoms with van der Waals surface area (Å²) in [5.41, 5.74) is 2.80. The summed E-state index contributed by atoms with van der Waals surface area (Å²) in [5, 5.41) is 13.6. The molecule has 4 atom stereocenters. The van der Waals surface area contributed by atoms with Crippen LogP contribution in [0, 0.1) is 5.82 Å². The van der Waals surface area contributed by atoms with E-state index in [2.05, 4.69) is 33.9 Å². The van der Waals surface area contributed by atoms with Crippen molar-refractivity contribution in [3.8, 4) is 5.88 Å². The number of nitrogens with zero attached hydrogens (tertiary/aromatic N) is 4. The summed E-state index contributed by atoms with van der Waals surface area (Å²) in [7, 11) is 0. The molecule has 0 unspecified atom stereocenters. The fourth-order valence-corrected chi connectivity index (χ4v) is 6.08. The fourth-order valence-electron chi connectivity index (χ4n) is 6.08. The number of pyridine rings is 1. The van der Waals surface area contributed by atoms with Crippen LogP contribution in [0.1, 0.15) is 44.0 Å². The number of hydrogen-bond acceptors (Lipinski definition) is 8. The Balaban J connectivity index is 1.37. The second-order valence-corrected chi connectivity index (χ2v) is 11.3. The molecule has 2 fully saturated rings. The number of carbonyl (C=O) groups excluding carboxylic acids is 1. The minimum Gasteiger partial charge on any atom is -0.474 e. The Bertz CT molecular complexity index is 1170. The van der Waals surface area contributed by atoms with Gasteiger partial charge in [0.15, 0.2) is 0 Å². The van der Waals surface area contributed by atoms with Gasteiger partial charge >= 0.3 is 0 Å². The minimum atomic E-state index is -0.298. The summed E-state index contributed by atoms with van der Waals surface area (Å²) in [4.78, 5) is 25.3. The first-order chi connectivity index (χ1) is 19.4. The van der Waals surface area contributed by atoms with Gasteiger partial charge in [0.05, 0.1) is 38.1 Å². The summed E-state index contributed by atoms with van der Waals surface area (Å²) in [6, 6.07) is 8.95. The second-order valence-electron chi connectivity index (χ2n) is 11.3. The van der Waals surface area contributed by atoms with Gasteiger partial charge in [-0.25, -0.2) is 9.37 Å². The standard InChI is InChI=1S/C30H42FN5O4/c1-4-25-19-39-10-9-34(25)15-26-13-32-20(2)14-35(26)16-29(38)36-21(3)18-40-30-28(36)12-23(27(17-37)33-30)11-22-5-7-24(31)8-6-22/h5-8,12,20-21,25-26,32,37H,4,9-11,13-19H2,1-3H3/t20-,21+,25-,26-/m1/s1. The summed E-state index contributed by atoms with van der Waals surface area (Å²) in [5.74, 6) is 0.0761. The van der Waals surface area contributed by atoms with E-state index in [1.165, 1.54) is 12.1 Å². The highest BCUT2D eigenvalue weighted by Crippen LogP contribution is 2.35. The molecule has 0 aliphatic carbocycles. The monoisotopic (exact) mass is 555 g/mol. The lowest BCUT2D eigenvalue weighted by molar-refractivity contribution is -0.121. The van der Waals surface area contributed by atoms with Crippen molar-refractivity contribution in [2.75, 3.05) is 57.4 Å². The number of amides is 1. The molecule has 1 aromatic carbocycles. The van der Waals surface area contributed by atoms with E-state index in [9.17, 15) is 14.3 Å². The minimum absolute atomic E-state index is 0.0106. The average Bonchev–Trinajstić information content (AvgIpc) is 2.95. The van der Waals surface area contributed by atoms with Gasteiger partial charge in [0.2, 0.25) is 11.8 Å². The molecule has 0 spiro atoms. The molecule has 0 saturated carbocycles. The number of rotatable bonds is 8. The number of fused-ring (bicyclic) bond motifs is 1. The molecule has 2 aromatic rings. The number of piperazine rings is 1. The van der Waals surface area contributed by atoms with Crippen LogP contribution in [0.25, 0.3) is 0 Å². The van der Waals surface area contributed by atoms with Crippen molar-refractivity contribution in [1.29, 1.82) is 0 Å². The number of morpholine rings is 1. The molecular weight excluding hydrogens is 513 g/mol. The van der Waals surface area contributed by atoms with Gasteiger partial charge in [-0.2, -0.15) is 0 Å². The van der Waals surface area contributed by atoms with E-state index in [0.717, 1.165) is 56.9 Å². The van der Waals surface area contributed by atoms with Crippen LogP contribution in [0.5, 0.6) is 5.88 Å². The lowest BCUT2D eigenvalue weighted by atomic mass is 10.0. The number of halogens is 1. The zero-order valence-corrected chi connectivity index (χ0v) is 23.8. The number of benzene rings is 1. The quantitative estimate of drug-likeness (QED) is 0.513. The molecular formula is C30H42FN5O4. The lowest BCUT2D eigenvalue weighted by Crippen LogP contribution is -2.62. The number of aliphatic hydroxyl groups is 1. The van der Waals surface area contributed by atoms with Gasteiger partial charge in [-0.1, -0.05) is 19.1 Å². The van der Waals surface area contributed by atoms with Crippen LogP contribution in [-0.2, 0) is 22.6 Å². The third-order valence-electron chi connectivity index (χ3n) is 8.36. The van der Waals surface area contributed by atoms with Crippen molar-refractivity contribution in [3.05, 3.63) is 53.0 Å². The number of nitrogens with one attached hydrogen (secondary N) is 1. The van der Waals surface area contributed by atoms with Gasteiger partial charge in [-0.05, 0) is 56.0 Å². The van der Waals surface area contributed by atoms with Gasteiger partial charge in [0, 0.05) is 44.3 Å². The number of aromatic nitrogens is 1. The zero-order chi connectivity index (χ0) is 28.2. The topological polar surface area (TPSA) is 90.4 Å². The molecule has 9 nitrogen and oxygen atoms in total. The van der Waals surface area contributed by atoms with Crippen molar-refractivity contribution >= 4 is 11.6 Å². The third kappa shape index (κ3) is 6.47. The lowest BCUT2D eigenvalue weighted by Gasteiger charge is -2.45. The van der Waals surface area contributed by atoms with Gasteiger partial charge < -0.3 is 24.8 Å². The fraction of sp³-hybridized carbons (Fsp3) is 0.600. The van der Waals surface area contributed by atoms with E-state index < -0.39 is 0 Å². The van der Waals surface area contributed by atoms with Crippen molar-refractivity contribution in [2.24, 2.45) is 0 Å². The van der Waals surface area contributed by atoms with E-state index in [1.807, 2.05) is 17.9 Å². The molecule has 2 N–H and O–H groups in total. The molecule has 1 amide bonds. The Kier molecular flexibility index (Phi) is 9.32. The van der Waals surface area contributed by atoms with Crippen molar-refractivity contribution in [3.63, 3.8) is 0 Å². The van der Waals surface area contributed by atoms with Gasteiger partial charge in [-0.15, -0.1) is 0 Å². The van der Waals surface area contributed by atoms with Crippen LogP contribution in [0.4, 0.5) is 10.1 Å². The molecule has 5 rings (SSSR count). The Labute approximate surface area is 236 Å². The molecule has 2 saturated heterocycles. The normalized spacial score (nSPS) is 25.9. The molecule has 40 heavy (non-hydrogen) atoms. The van der Waals surface area contributed by atoms with Crippen molar-refractivity contribution in [1.82, 2.24) is 20.1 Å². The van der Waals surface area contributed by atoms with Gasteiger partial charge in [0.1, 0.15) is 18.1 Å². The Morgan fingerprint density at radius 1 is 1.18 bits per heavy atom. The molecule has 1 aromatic heterocycles. The van der Waals surface area contributed by atoms with Crippen LogP contribution >= 0.6 is 0 Å². The van der Waals surface area contributed by atoms with Crippen molar-refractivity contribution in [2.45, 2.75) is 64.4 Å². The molecule has 10 heteroatoms. The molecule has 218 valence electrons. The van der Waals surface area contributed by atoms with Crippen LogP contribution < -0.4 is 15.0 Å². The number of anilines is 1. The number of ether oxygens (including phenoxy) is 2. The predicted octanol–water partition coefficient (Wildman–Crippen LogP) is 2.19. The number of carbonyl (C=O) groups is 1. The SMILES string of the molecule is CC[C@@H]1COCCN1C[C@H]1CN[C@H](C)CN1CC(=O)N1c2cc(Cc3ccc(F)cc3)c(CO)nc2OC[C@@H]1C. The first-order valence-electron chi connectivity index (χ1n) is 14.5. The zero-order valence-electron chi connectivity index (χ0n) is 23.8. The predicted molar refractivity (Wildman–Crippen MR) is 151 cm³/mol. The molecule has 3 aliphatic rings. The Hall–Kier alpha value is -2.63. The van der Waals surface area contributed by atoms with E-state index in [1.54, 1.807) is 12.1 Å². The van der Waals surface area contributed by atoms with E-state index in [0.29, 0.717) is 48.9 Å². The molecule has 4 heterocycles. The van der Waals surface area contributed by atoms with Gasteiger partial charge in [0.25, 0.3) is 0 Å². The number of aliphatic hydroxyl groups excluding tert-OH is 1. The third-order valence-corrected chi connectivity index (χ3v) is 8.36. The smallest absolute Gasteiger partial charge is 0.241 e. The maximum absolute atomic E-state index is 14.0. The maximum Gasteiger partial charge on any atom is 0.241 e. The molecule has 0 bridgehead atoms. The highest BCUT2D eigenvalue weighted by Gasteiger charge is 2.36. The summed E-state index contributed by atoms with van der Waals surface area (Å²) in [6.07, 6.45) is 1.50. The highest BCUT2D eigenvalue weighted by atomic mass is 19.1. The number of hydrogen-bond donors (Lipinski definition) is 2. The first kappa shape index (κ1) is 28.9. The van der Waals surface area contributed by atoms with Crippen LogP contribution in [-0.4, -0.2) is 103 Å². The van der Waals surface area contributed by atoms with Crippen LogP contribution in [0.3, 0.4) is 0 Å². The van der Waals surface area contributed by atoms with Crippen molar-refractivity contribution < 1.29 is 23.8 Å². The summed E-state index contributed by atoms with van der Waals surface area (Å²) >= 11 is 0. The van der Waals surface area contributed by atoms with Gasteiger partial charge in [-0.3, -0.25) is 14.6 Å².